The SMILES string of the molecule is CCc1nc(C2(NC3CC3)CCN3CCCC3C2)sc1C. The van der Waals surface area contributed by atoms with Crippen LogP contribution in [0.1, 0.15) is 61.0 Å². The molecule has 2 atom stereocenters. The molecule has 0 amide bonds. The quantitative estimate of drug-likeness (QED) is 0.926. The normalized spacial score (nSPS) is 33.3. The van der Waals surface area contributed by atoms with Gasteiger partial charge in [0.2, 0.25) is 0 Å². The summed E-state index contributed by atoms with van der Waals surface area (Å²) in [5.74, 6) is 0. The van der Waals surface area contributed by atoms with Crippen LogP contribution in [-0.2, 0) is 12.0 Å². The van der Waals surface area contributed by atoms with Crippen LogP contribution in [0.4, 0.5) is 0 Å². The predicted octanol–water partition coefficient (Wildman–Crippen LogP) is 3.22. The molecule has 1 aromatic rings. The van der Waals surface area contributed by atoms with Gasteiger partial charge in [0.15, 0.2) is 0 Å². The van der Waals surface area contributed by atoms with E-state index in [-0.39, 0.29) is 5.54 Å². The molecule has 0 bridgehead atoms. The van der Waals surface area contributed by atoms with Gasteiger partial charge in [-0.1, -0.05) is 6.92 Å². The highest BCUT2D eigenvalue weighted by molar-refractivity contribution is 7.11. The van der Waals surface area contributed by atoms with Crippen LogP contribution < -0.4 is 5.32 Å². The number of hydrogen-bond donors (Lipinski definition) is 1. The Morgan fingerprint density at radius 1 is 1.33 bits per heavy atom. The topological polar surface area (TPSA) is 28.2 Å². The number of hydrogen-bond acceptors (Lipinski definition) is 4. The average Bonchev–Trinajstić information content (AvgIpc) is 3.02. The number of nitrogens with one attached hydrogen (secondary N) is 1. The van der Waals surface area contributed by atoms with Crippen molar-refractivity contribution in [3.05, 3.63) is 15.6 Å². The van der Waals surface area contributed by atoms with E-state index in [0.29, 0.717) is 0 Å². The van der Waals surface area contributed by atoms with Crippen LogP contribution in [0, 0.1) is 6.92 Å². The second-order valence-corrected chi connectivity index (χ2v) is 8.37. The average molecular weight is 305 g/mol. The third-order valence-electron chi connectivity index (χ3n) is 5.60. The zero-order valence-electron chi connectivity index (χ0n) is 13.3. The Morgan fingerprint density at radius 3 is 2.90 bits per heavy atom. The third kappa shape index (κ3) is 2.55. The minimum atomic E-state index is 0.176. The molecule has 2 aliphatic heterocycles. The number of thiazole rings is 1. The largest absolute Gasteiger partial charge is 0.303 e. The van der Waals surface area contributed by atoms with Crippen molar-refractivity contribution in [3.8, 4) is 0 Å². The predicted molar refractivity (Wildman–Crippen MR) is 87.9 cm³/mol. The molecule has 21 heavy (non-hydrogen) atoms. The number of nitrogens with zero attached hydrogens (tertiary/aromatic N) is 2. The molecule has 1 saturated carbocycles. The molecule has 116 valence electrons. The minimum Gasteiger partial charge on any atom is -0.303 e. The second kappa shape index (κ2) is 5.32. The molecular weight excluding hydrogens is 278 g/mol. The number of fused-ring (bicyclic) bond motifs is 1. The maximum Gasteiger partial charge on any atom is 0.113 e. The van der Waals surface area contributed by atoms with E-state index in [4.69, 9.17) is 4.98 Å². The van der Waals surface area contributed by atoms with E-state index in [1.807, 2.05) is 11.3 Å². The highest BCUT2D eigenvalue weighted by atomic mass is 32.1. The van der Waals surface area contributed by atoms with Gasteiger partial charge in [-0.25, -0.2) is 4.98 Å². The third-order valence-corrected chi connectivity index (χ3v) is 6.82. The van der Waals surface area contributed by atoms with Crippen LogP contribution in [0.5, 0.6) is 0 Å². The zero-order chi connectivity index (χ0) is 14.4. The smallest absolute Gasteiger partial charge is 0.113 e. The fourth-order valence-corrected chi connectivity index (χ4v) is 5.42. The van der Waals surface area contributed by atoms with Crippen molar-refractivity contribution in [2.75, 3.05) is 13.1 Å². The monoisotopic (exact) mass is 305 g/mol. The Labute approximate surface area is 132 Å². The van der Waals surface area contributed by atoms with Crippen LogP contribution >= 0.6 is 11.3 Å². The van der Waals surface area contributed by atoms with Gasteiger partial charge in [0.1, 0.15) is 5.01 Å². The molecule has 1 aromatic heterocycles. The molecule has 3 fully saturated rings. The minimum absolute atomic E-state index is 0.176. The Hall–Kier alpha value is -0.450. The second-order valence-electron chi connectivity index (χ2n) is 7.16. The summed E-state index contributed by atoms with van der Waals surface area (Å²) in [5.41, 5.74) is 1.50. The Bertz CT molecular complexity index is 522. The van der Waals surface area contributed by atoms with Gasteiger partial charge in [0, 0.05) is 23.5 Å². The van der Waals surface area contributed by atoms with Gasteiger partial charge in [-0.2, -0.15) is 0 Å². The number of aryl methyl sites for hydroxylation is 2. The number of aromatic nitrogens is 1. The fourth-order valence-electron chi connectivity index (χ4n) is 4.23. The summed E-state index contributed by atoms with van der Waals surface area (Å²) < 4.78 is 0. The molecule has 4 heteroatoms. The van der Waals surface area contributed by atoms with E-state index >= 15 is 0 Å². The van der Waals surface area contributed by atoms with Gasteiger partial charge in [0.25, 0.3) is 0 Å². The van der Waals surface area contributed by atoms with Gasteiger partial charge < -0.3 is 10.2 Å². The van der Waals surface area contributed by atoms with Gasteiger partial charge in [0.05, 0.1) is 11.2 Å². The Morgan fingerprint density at radius 2 is 2.19 bits per heavy atom. The van der Waals surface area contributed by atoms with Crippen molar-refractivity contribution in [2.24, 2.45) is 0 Å². The summed E-state index contributed by atoms with van der Waals surface area (Å²) in [6.07, 6.45) is 9.09. The van der Waals surface area contributed by atoms with Crippen LogP contribution in [0.2, 0.25) is 0 Å². The van der Waals surface area contributed by atoms with Crippen LogP contribution in [0.15, 0.2) is 0 Å². The Kier molecular flexibility index (Phi) is 3.59. The summed E-state index contributed by atoms with van der Waals surface area (Å²) in [5, 5.41) is 5.41. The molecule has 2 unspecified atom stereocenters. The number of piperidine rings is 1. The lowest BCUT2D eigenvalue weighted by atomic mass is 9.83. The fraction of sp³-hybridized carbons (Fsp3) is 0.824. The molecule has 4 rings (SSSR count). The standard InChI is InChI=1S/C17H27N3S/c1-3-15-12(2)21-16(18-15)17(19-13-6-7-13)8-10-20-9-4-5-14(20)11-17/h13-14,19H,3-11H2,1-2H3. The lowest BCUT2D eigenvalue weighted by Crippen LogP contribution is -2.54. The summed E-state index contributed by atoms with van der Waals surface area (Å²) in [4.78, 5) is 9.20. The molecule has 1 N–H and O–H groups in total. The van der Waals surface area contributed by atoms with Crippen molar-refractivity contribution >= 4 is 11.3 Å². The van der Waals surface area contributed by atoms with E-state index in [1.165, 1.54) is 67.2 Å². The molecule has 3 heterocycles. The lowest BCUT2D eigenvalue weighted by Gasteiger charge is -2.44. The highest BCUT2D eigenvalue weighted by Crippen LogP contribution is 2.43. The van der Waals surface area contributed by atoms with E-state index < -0.39 is 0 Å². The lowest BCUT2D eigenvalue weighted by molar-refractivity contribution is 0.103. The van der Waals surface area contributed by atoms with E-state index in [2.05, 4.69) is 24.1 Å². The van der Waals surface area contributed by atoms with Gasteiger partial charge >= 0.3 is 0 Å². The first-order valence-corrected chi connectivity index (χ1v) is 9.50. The van der Waals surface area contributed by atoms with E-state index in [9.17, 15) is 0 Å². The molecule has 1 aliphatic carbocycles. The molecule has 3 nitrogen and oxygen atoms in total. The summed E-state index contributed by atoms with van der Waals surface area (Å²) >= 11 is 1.96. The Balaban J connectivity index is 1.66. The summed E-state index contributed by atoms with van der Waals surface area (Å²) in [6.45, 7) is 7.05. The first kappa shape index (κ1) is 14.2. The molecule has 0 radical (unpaired) electrons. The maximum absolute atomic E-state index is 5.06. The molecular formula is C17H27N3S. The van der Waals surface area contributed by atoms with E-state index in [0.717, 1.165) is 18.5 Å². The molecule has 3 aliphatic rings. The first-order chi connectivity index (χ1) is 10.2. The van der Waals surface area contributed by atoms with Crippen molar-refractivity contribution in [1.82, 2.24) is 15.2 Å². The molecule has 0 spiro atoms. The van der Waals surface area contributed by atoms with Crippen molar-refractivity contribution in [3.63, 3.8) is 0 Å². The number of rotatable bonds is 4. The molecule has 2 saturated heterocycles. The van der Waals surface area contributed by atoms with Crippen molar-refractivity contribution in [2.45, 2.75) is 76.4 Å². The van der Waals surface area contributed by atoms with Gasteiger partial charge in [-0.15, -0.1) is 11.3 Å². The maximum atomic E-state index is 5.06. The van der Waals surface area contributed by atoms with Crippen molar-refractivity contribution in [1.29, 1.82) is 0 Å². The van der Waals surface area contributed by atoms with Gasteiger partial charge in [-0.05, 0) is 58.4 Å². The van der Waals surface area contributed by atoms with E-state index in [1.54, 1.807) is 0 Å². The summed E-state index contributed by atoms with van der Waals surface area (Å²) in [6, 6.07) is 1.55. The summed E-state index contributed by atoms with van der Waals surface area (Å²) in [7, 11) is 0. The zero-order valence-corrected chi connectivity index (χ0v) is 14.1. The highest BCUT2D eigenvalue weighted by Gasteiger charge is 2.46. The van der Waals surface area contributed by atoms with Crippen LogP contribution in [0.3, 0.4) is 0 Å². The molecule has 0 aromatic carbocycles. The van der Waals surface area contributed by atoms with Gasteiger partial charge in [-0.3, -0.25) is 0 Å². The first-order valence-electron chi connectivity index (χ1n) is 8.69. The van der Waals surface area contributed by atoms with Crippen LogP contribution in [0.25, 0.3) is 0 Å². The van der Waals surface area contributed by atoms with Crippen molar-refractivity contribution < 1.29 is 0 Å². The van der Waals surface area contributed by atoms with Crippen LogP contribution in [-0.4, -0.2) is 35.1 Å².